The summed E-state index contributed by atoms with van der Waals surface area (Å²) in [6, 6.07) is 5.02. The summed E-state index contributed by atoms with van der Waals surface area (Å²) in [4.78, 5) is 42.1. The van der Waals surface area contributed by atoms with Gasteiger partial charge in [-0.15, -0.1) is 0 Å². The molecule has 0 radical (unpaired) electrons. The van der Waals surface area contributed by atoms with Crippen LogP contribution in [-0.4, -0.2) is 26.8 Å². The Morgan fingerprint density at radius 1 is 1.24 bits per heavy atom. The first-order valence-corrected chi connectivity index (χ1v) is 10.1. The van der Waals surface area contributed by atoms with Gasteiger partial charge in [-0.2, -0.15) is 0 Å². The van der Waals surface area contributed by atoms with E-state index in [4.69, 9.17) is 4.74 Å². The average Bonchev–Trinajstić information content (AvgIpc) is 3.08. The Hall–Kier alpha value is -2.70. The standard InChI is InChI=1S/C22H29N3O4/c1-15-7-8-17-23-16(11-19(27)25(17)13-15)14-29-20(28)22(9-5-6-10-22)12-18(26)24-21(2,3)4/h7-8,11,13H,5-6,9-10,12,14H2,1-4H3,(H,24,26). The number of nitrogens with one attached hydrogen (secondary N) is 1. The molecule has 1 saturated carbocycles. The van der Waals surface area contributed by atoms with Crippen molar-refractivity contribution in [2.75, 3.05) is 0 Å². The number of aromatic nitrogens is 2. The molecule has 3 rings (SSSR count). The highest BCUT2D eigenvalue weighted by Crippen LogP contribution is 2.42. The van der Waals surface area contributed by atoms with E-state index in [1.807, 2.05) is 33.8 Å². The number of aryl methyl sites for hydroxylation is 1. The highest BCUT2D eigenvalue weighted by molar-refractivity contribution is 5.86. The minimum Gasteiger partial charge on any atom is -0.459 e. The summed E-state index contributed by atoms with van der Waals surface area (Å²) >= 11 is 0. The summed E-state index contributed by atoms with van der Waals surface area (Å²) in [7, 11) is 0. The van der Waals surface area contributed by atoms with Gasteiger partial charge < -0.3 is 10.1 Å². The predicted molar refractivity (Wildman–Crippen MR) is 109 cm³/mol. The van der Waals surface area contributed by atoms with Gasteiger partial charge in [0.15, 0.2) is 0 Å². The second-order valence-corrected chi connectivity index (χ2v) is 9.06. The van der Waals surface area contributed by atoms with Gasteiger partial charge in [0, 0.05) is 24.2 Å². The second kappa shape index (κ2) is 7.97. The number of fused-ring (bicyclic) bond motifs is 1. The highest BCUT2D eigenvalue weighted by Gasteiger charge is 2.44. The van der Waals surface area contributed by atoms with Crippen molar-refractivity contribution >= 4 is 17.5 Å². The Balaban J connectivity index is 1.72. The van der Waals surface area contributed by atoms with Gasteiger partial charge in [0.05, 0.1) is 11.1 Å². The number of amides is 1. The van der Waals surface area contributed by atoms with Crippen molar-refractivity contribution in [3.63, 3.8) is 0 Å². The van der Waals surface area contributed by atoms with E-state index in [1.54, 1.807) is 12.3 Å². The molecule has 0 aromatic carbocycles. The molecule has 0 spiro atoms. The molecule has 1 aliphatic carbocycles. The molecule has 2 aromatic rings. The third kappa shape index (κ3) is 5.02. The molecule has 7 nitrogen and oxygen atoms in total. The first-order chi connectivity index (χ1) is 13.6. The topological polar surface area (TPSA) is 89.8 Å². The van der Waals surface area contributed by atoms with Crippen molar-refractivity contribution in [3.05, 3.63) is 46.0 Å². The monoisotopic (exact) mass is 399 g/mol. The number of pyridine rings is 1. The van der Waals surface area contributed by atoms with Crippen molar-refractivity contribution in [1.29, 1.82) is 0 Å². The lowest BCUT2D eigenvalue weighted by Crippen LogP contribution is -2.44. The summed E-state index contributed by atoms with van der Waals surface area (Å²) < 4.78 is 7.01. The van der Waals surface area contributed by atoms with Crippen molar-refractivity contribution in [2.24, 2.45) is 5.41 Å². The zero-order chi connectivity index (χ0) is 21.2. The van der Waals surface area contributed by atoms with Crippen LogP contribution in [0.4, 0.5) is 0 Å². The van der Waals surface area contributed by atoms with E-state index in [2.05, 4.69) is 10.3 Å². The second-order valence-electron chi connectivity index (χ2n) is 9.06. The summed E-state index contributed by atoms with van der Waals surface area (Å²) in [6.45, 7) is 7.56. The summed E-state index contributed by atoms with van der Waals surface area (Å²) in [5.41, 5.74) is 0.505. The SMILES string of the molecule is Cc1ccc2nc(COC(=O)C3(CC(=O)NC(C)(C)C)CCCC3)cc(=O)n2c1. The molecule has 0 saturated heterocycles. The van der Waals surface area contributed by atoms with E-state index in [-0.39, 0.29) is 36.0 Å². The number of ether oxygens (including phenoxy) is 1. The quantitative estimate of drug-likeness (QED) is 0.781. The molecule has 2 heterocycles. The van der Waals surface area contributed by atoms with Crippen LogP contribution in [0.25, 0.3) is 5.65 Å². The van der Waals surface area contributed by atoms with Gasteiger partial charge in [-0.1, -0.05) is 18.9 Å². The molecule has 0 unspecified atom stereocenters. The number of carbonyl (C=O) groups excluding carboxylic acids is 2. The van der Waals surface area contributed by atoms with E-state index >= 15 is 0 Å². The molecule has 156 valence electrons. The Kier molecular flexibility index (Phi) is 5.78. The van der Waals surface area contributed by atoms with E-state index in [1.165, 1.54) is 10.5 Å². The van der Waals surface area contributed by atoms with Crippen LogP contribution in [0.1, 0.15) is 64.1 Å². The fourth-order valence-corrected chi connectivity index (χ4v) is 3.90. The van der Waals surface area contributed by atoms with E-state index in [9.17, 15) is 14.4 Å². The molecular weight excluding hydrogens is 370 g/mol. The molecule has 0 aliphatic heterocycles. The maximum atomic E-state index is 12.9. The zero-order valence-corrected chi connectivity index (χ0v) is 17.6. The summed E-state index contributed by atoms with van der Waals surface area (Å²) in [6.07, 6.45) is 4.91. The third-order valence-corrected chi connectivity index (χ3v) is 5.22. The predicted octanol–water partition coefficient (Wildman–Crippen LogP) is 2.91. The average molecular weight is 399 g/mol. The fraction of sp³-hybridized carbons (Fsp3) is 0.545. The number of hydrogen-bond acceptors (Lipinski definition) is 5. The first kappa shape index (κ1) is 21.0. The zero-order valence-electron chi connectivity index (χ0n) is 17.6. The van der Waals surface area contributed by atoms with E-state index in [0.717, 1.165) is 18.4 Å². The summed E-state index contributed by atoms with van der Waals surface area (Å²) in [5.74, 6) is -0.529. The Labute approximate surface area is 170 Å². The molecule has 0 bridgehead atoms. The molecule has 1 N–H and O–H groups in total. The van der Waals surface area contributed by atoms with Crippen molar-refractivity contribution in [1.82, 2.24) is 14.7 Å². The minimum atomic E-state index is -0.793. The Bertz CT molecular complexity index is 982. The van der Waals surface area contributed by atoms with Gasteiger partial charge in [-0.05, 0) is 52.2 Å². The normalized spacial score (nSPS) is 16.0. The van der Waals surface area contributed by atoms with Crippen molar-refractivity contribution < 1.29 is 14.3 Å². The molecule has 29 heavy (non-hydrogen) atoms. The van der Waals surface area contributed by atoms with Crippen LogP contribution in [0, 0.1) is 12.3 Å². The molecule has 1 aliphatic rings. The van der Waals surface area contributed by atoms with Crippen LogP contribution in [0.5, 0.6) is 0 Å². The highest BCUT2D eigenvalue weighted by atomic mass is 16.5. The fourth-order valence-electron chi connectivity index (χ4n) is 3.90. The molecule has 1 amide bonds. The molecule has 2 aromatic heterocycles. The van der Waals surface area contributed by atoms with Crippen molar-refractivity contribution in [2.45, 2.75) is 71.9 Å². The molecule has 7 heteroatoms. The largest absolute Gasteiger partial charge is 0.459 e. The minimum absolute atomic E-state index is 0.0823. The smallest absolute Gasteiger partial charge is 0.312 e. The summed E-state index contributed by atoms with van der Waals surface area (Å²) in [5, 5.41) is 2.93. The lowest BCUT2D eigenvalue weighted by atomic mass is 9.82. The maximum Gasteiger partial charge on any atom is 0.312 e. The van der Waals surface area contributed by atoms with Gasteiger partial charge in [0.2, 0.25) is 5.91 Å². The van der Waals surface area contributed by atoms with E-state index < -0.39 is 5.41 Å². The number of hydrogen-bond donors (Lipinski definition) is 1. The first-order valence-electron chi connectivity index (χ1n) is 10.1. The maximum absolute atomic E-state index is 12.9. The van der Waals surface area contributed by atoms with Gasteiger partial charge in [-0.3, -0.25) is 18.8 Å². The molecule has 0 atom stereocenters. The number of nitrogens with zero attached hydrogens (tertiary/aromatic N) is 2. The third-order valence-electron chi connectivity index (χ3n) is 5.22. The van der Waals surface area contributed by atoms with Gasteiger partial charge in [0.25, 0.3) is 5.56 Å². The van der Waals surface area contributed by atoms with Crippen LogP contribution in [0.3, 0.4) is 0 Å². The molecular formula is C22H29N3O4. The van der Waals surface area contributed by atoms with Crippen LogP contribution >= 0.6 is 0 Å². The van der Waals surface area contributed by atoms with Crippen LogP contribution < -0.4 is 10.9 Å². The van der Waals surface area contributed by atoms with Crippen LogP contribution in [-0.2, 0) is 20.9 Å². The lowest BCUT2D eigenvalue weighted by molar-refractivity contribution is -0.159. The van der Waals surface area contributed by atoms with Crippen LogP contribution in [0.2, 0.25) is 0 Å². The van der Waals surface area contributed by atoms with Crippen molar-refractivity contribution in [3.8, 4) is 0 Å². The van der Waals surface area contributed by atoms with Gasteiger partial charge >= 0.3 is 5.97 Å². The lowest BCUT2D eigenvalue weighted by Gasteiger charge is -2.28. The van der Waals surface area contributed by atoms with Gasteiger partial charge in [0.1, 0.15) is 12.3 Å². The van der Waals surface area contributed by atoms with E-state index in [0.29, 0.717) is 24.2 Å². The number of carbonyl (C=O) groups is 2. The Morgan fingerprint density at radius 2 is 1.93 bits per heavy atom. The number of rotatable bonds is 5. The van der Waals surface area contributed by atoms with Gasteiger partial charge in [-0.25, -0.2) is 4.98 Å². The molecule has 1 fully saturated rings. The number of esters is 1. The van der Waals surface area contributed by atoms with Crippen LogP contribution in [0.15, 0.2) is 29.2 Å². The Morgan fingerprint density at radius 3 is 2.59 bits per heavy atom.